The molecule has 1 N–H and O–H groups in total. The smallest absolute Gasteiger partial charge is 0.115 e. The van der Waals surface area contributed by atoms with Gasteiger partial charge in [0.1, 0.15) is 5.75 Å². The lowest BCUT2D eigenvalue weighted by Crippen LogP contribution is -2.44. The average molecular weight is 235 g/mol. The molecule has 1 aromatic carbocycles. The van der Waals surface area contributed by atoms with Crippen molar-refractivity contribution in [1.29, 1.82) is 0 Å². The molecule has 0 spiro atoms. The van der Waals surface area contributed by atoms with Gasteiger partial charge in [-0.25, -0.2) is 0 Å². The molecule has 1 aromatic rings. The van der Waals surface area contributed by atoms with Crippen LogP contribution in [0.15, 0.2) is 24.3 Å². The third kappa shape index (κ3) is 3.45. The highest BCUT2D eigenvalue weighted by Gasteiger charge is 2.22. The Balaban J connectivity index is 1.92. The van der Waals surface area contributed by atoms with Crippen LogP contribution in [0.3, 0.4) is 0 Å². The summed E-state index contributed by atoms with van der Waals surface area (Å²) in [5.74, 6) is 0.897. The molecule has 3 nitrogen and oxygen atoms in total. The normalized spacial score (nSPS) is 21.9. The summed E-state index contributed by atoms with van der Waals surface area (Å²) in [6.45, 7) is 8.15. The quantitative estimate of drug-likeness (QED) is 0.872. The van der Waals surface area contributed by atoms with Crippen molar-refractivity contribution in [3.8, 4) is 5.75 Å². The Morgan fingerprint density at radius 2 is 2.06 bits per heavy atom. The number of morpholine rings is 1. The number of aromatic hydroxyl groups is 1. The summed E-state index contributed by atoms with van der Waals surface area (Å²) in [7, 11) is 0. The van der Waals surface area contributed by atoms with Gasteiger partial charge in [0, 0.05) is 19.6 Å². The van der Waals surface area contributed by atoms with Gasteiger partial charge in [-0.3, -0.25) is 4.90 Å². The largest absolute Gasteiger partial charge is 0.508 e. The zero-order chi connectivity index (χ0) is 12.3. The van der Waals surface area contributed by atoms with Crippen LogP contribution in [0.5, 0.6) is 5.75 Å². The van der Waals surface area contributed by atoms with Crippen molar-refractivity contribution in [3.63, 3.8) is 0 Å². The maximum atomic E-state index is 9.24. The summed E-state index contributed by atoms with van der Waals surface area (Å²) in [6, 6.07) is 7.45. The number of phenolic OH excluding ortho intramolecular Hbond substituents is 1. The van der Waals surface area contributed by atoms with E-state index in [1.54, 1.807) is 12.1 Å². The zero-order valence-electron chi connectivity index (χ0n) is 10.6. The standard InChI is InChI=1S/C14H21NO2/c1-11(2)14-10-15(7-8-17-14)9-12-3-5-13(16)6-4-12/h3-6,11,14,16H,7-10H2,1-2H3. The molecule has 0 bridgehead atoms. The number of hydrogen-bond donors (Lipinski definition) is 1. The fraction of sp³-hybridized carbons (Fsp3) is 0.571. The predicted octanol–water partition coefficient (Wildman–Crippen LogP) is 2.25. The van der Waals surface area contributed by atoms with Crippen LogP contribution >= 0.6 is 0 Å². The van der Waals surface area contributed by atoms with Gasteiger partial charge in [-0.15, -0.1) is 0 Å². The van der Waals surface area contributed by atoms with E-state index in [4.69, 9.17) is 4.74 Å². The van der Waals surface area contributed by atoms with E-state index in [-0.39, 0.29) is 0 Å². The summed E-state index contributed by atoms with van der Waals surface area (Å²) in [4.78, 5) is 2.42. The molecule has 1 aliphatic rings. The SMILES string of the molecule is CC(C)C1CN(Cc2ccc(O)cc2)CCO1. The van der Waals surface area contributed by atoms with Crippen molar-refractivity contribution >= 4 is 0 Å². The average Bonchev–Trinajstić information content (AvgIpc) is 2.32. The molecule has 1 fully saturated rings. The van der Waals surface area contributed by atoms with E-state index in [9.17, 15) is 5.11 Å². The number of phenols is 1. The lowest BCUT2D eigenvalue weighted by Gasteiger charge is -2.34. The molecular formula is C14H21NO2. The molecule has 94 valence electrons. The maximum absolute atomic E-state index is 9.24. The zero-order valence-corrected chi connectivity index (χ0v) is 10.6. The van der Waals surface area contributed by atoms with Crippen molar-refractivity contribution in [2.24, 2.45) is 5.92 Å². The minimum Gasteiger partial charge on any atom is -0.508 e. The van der Waals surface area contributed by atoms with E-state index in [1.165, 1.54) is 5.56 Å². The molecule has 0 amide bonds. The topological polar surface area (TPSA) is 32.7 Å². The molecule has 1 atom stereocenters. The second-order valence-corrected chi connectivity index (χ2v) is 5.05. The van der Waals surface area contributed by atoms with Crippen molar-refractivity contribution < 1.29 is 9.84 Å². The minimum absolute atomic E-state index is 0.329. The highest BCUT2D eigenvalue weighted by atomic mass is 16.5. The molecule has 1 saturated heterocycles. The van der Waals surface area contributed by atoms with Crippen LogP contribution in [0.4, 0.5) is 0 Å². The monoisotopic (exact) mass is 235 g/mol. The lowest BCUT2D eigenvalue weighted by atomic mass is 10.1. The molecule has 1 heterocycles. The highest BCUT2D eigenvalue weighted by molar-refractivity contribution is 5.25. The first-order valence-corrected chi connectivity index (χ1v) is 6.27. The van der Waals surface area contributed by atoms with E-state index in [0.29, 0.717) is 17.8 Å². The second kappa shape index (κ2) is 5.52. The summed E-state index contributed by atoms with van der Waals surface area (Å²) in [5, 5.41) is 9.24. The fourth-order valence-electron chi connectivity index (χ4n) is 2.14. The second-order valence-electron chi connectivity index (χ2n) is 5.05. The first-order chi connectivity index (χ1) is 8.15. The van der Waals surface area contributed by atoms with Crippen LogP contribution < -0.4 is 0 Å². The van der Waals surface area contributed by atoms with Crippen molar-refractivity contribution in [1.82, 2.24) is 4.90 Å². The molecule has 0 aromatic heterocycles. The number of ether oxygens (including phenoxy) is 1. The van der Waals surface area contributed by atoms with E-state index in [1.807, 2.05) is 12.1 Å². The summed E-state index contributed by atoms with van der Waals surface area (Å²) in [6.07, 6.45) is 0.348. The molecule has 0 saturated carbocycles. The van der Waals surface area contributed by atoms with Crippen molar-refractivity contribution in [2.75, 3.05) is 19.7 Å². The van der Waals surface area contributed by atoms with Gasteiger partial charge in [0.2, 0.25) is 0 Å². The highest BCUT2D eigenvalue weighted by Crippen LogP contribution is 2.17. The number of rotatable bonds is 3. The number of nitrogens with zero attached hydrogens (tertiary/aromatic N) is 1. The fourth-order valence-corrected chi connectivity index (χ4v) is 2.14. The summed E-state index contributed by atoms with van der Waals surface area (Å²) in [5.41, 5.74) is 1.24. The van der Waals surface area contributed by atoms with Crippen LogP contribution in [0.2, 0.25) is 0 Å². The van der Waals surface area contributed by atoms with Gasteiger partial charge in [-0.05, 0) is 23.6 Å². The predicted molar refractivity (Wildman–Crippen MR) is 68.0 cm³/mol. The Kier molecular flexibility index (Phi) is 4.02. The Labute approximate surface area is 103 Å². The van der Waals surface area contributed by atoms with Gasteiger partial charge >= 0.3 is 0 Å². The van der Waals surface area contributed by atoms with E-state index in [2.05, 4.69) is 18.7 Å². The Bertz CT molecular complexity index is 348. The third-order valence-corrected chi connectivity index (χ3v) is 3.26. The first-order valence-electron chi connectivity index (χ1n) is 6.27. The first kappa shape index (κ1) is 12.4. The summed E-state index contributed by atoms with van der Waals surface area (Å²) >= 11 is 0. The van der Waals surface area contributed by atoms with Gasteiger partial charge < -0.3 is 9.84 Å². The van der Waals surface area contributed by atoms with Gasteiger partial charge in [0.05, 0.1) is 12.7 Å². The molecule has 2 rings (SSSR count). The van der Waals surface area contributed by atoms with Crippen molar-refractivity contribution in [2.45, 2.75) is 26.5 Å². The van der Waals surface area contributed by atoms with Gasteiger partial charge in [0.25, 0.3) is 0 Å². The van der Waals surface area contributed by atoms with Gasteiger partial charge in [-0.1, -0.05) is 26.0 Å². The van der Waals surface area contributed by atoms with Gasteiger partial charge in [0.15, 0.2) is 0 Å². The van der Waals surface area contributed by atoms with E-state index in [0.717, 1.165) is 26.2 Å². The molecule has 0 radical (unpaired) electrons. The Hall–Kier alpha value is -1.06. The lowest BCUT2D eigenvalue weighted by molar-refractivity contribution is -0.0529. The van der Waals surface area contributed by atoms with Crippen LogP contribution in [0.1, 0.15) is 19.4 Å². The third-order valence-electron chi connectivity index (χ3n) is 3.26. The molecule has 0 aliphatic carbocycles. The van der Waals surface area contributed by atoms with Crippen LogP contribution in [-0.2, 0) is 11.3 Å². The molecular weight excluding hydrogens is 214 g/mol. The van der Waals surface area contributed by atoms with E-state index < -0.39 is 0 Å². The van der Waals surface area contributed by atoms with Crippen LogP contribution in [-0.4, -0.2) is 35.8 Å². The summed E-state index contributed by atoms with van der Waals surface area (Å²) < 4.78 is 5.74. The Morgan fingerprint density at radius 3 is 2.71 bits per heavy atom. The molecule has 17 heavy (non-hydrogen) atoms. The number of hydrogen-bond acceptors (Lipinski definition) is 3. The molecule has 1 unspecified atom stereocenters. The van der Waals surface area contributed by atoms with Crippen LogP contribution in [0, 0.1) is 5.92 Å². The number of benzene rings is 1. The van der Waals surface area contributed by atoms with E-state index >= 15 is 0 Å². The van der Waals surface area contributed by atoms with Crippen molar-refractivity contribution in [3.05, 3.63) is 29.8 Å². The Morgan fingerprint density at radius 1 is 1.35 bits per heavy atom. The minimum atomic E-state index is 0.329. The van der Waals surface area contributed by atoms with Crippen LogP contribution in [0.25, 0.3) is 0 Å². The van der Waals surface area contributed by atoms with Gasteiger partial charge in [-0.2, -0.15) is 0 Å². The molecule has 1 aliphatic heterocycles. The molecule has 3 heteroatoms. The maximum Gasteiger partial charge on any atom is 0.115 e.